The van der Waals surface area contributed by atoms with E-state index in [9.17, 15) is 14.9 Å². The topological polar surface area (TPSA) is 103 Å². The predicted octanol–water partition coefficient (Wildman–Crippen LogP) is 2.38. The predicted molar refractivity (Wildman–Crippen MR) is 95.5 cm³/mol. The van der Waals surface area contributed by atoms with Gasteiger partial charge in [-0.05, 0) is 29.8 Å². The lowest BCUT2D eigenvalue weighted by molar-refractivity contribution is -0.384. The summed E-state index contributed by atoms with van der Waals surface area (Å²) in [6.45, 7) is 0.114. The van der Waals surface area contributed by atoms with E-state index in [1.807, 2.05) is 0 Å². The van der Waals surface area contributed by atoms with Gasteiger partial charge in [-0.15, -0.1) is 6.42 Å². The summed E-state index contributed by atoms with van der Waals surface area (Å²) < 4.78 is 10.5. The van der Waals surface area contributed by atoms with E-state index < -0.39 is 10.8 Å². The van der Waals surface area contributed by atoms with Gasteiger partial charge in [0.05, 0.1) is 18.2 Å². The molecule has 0 aliphatic heterocycles. The smallest absolute Gasteiger partial charge is 0.271 e. The number of hydrazone groups is 1. The van der Waals surface area contributed by atoms with Crippen molar-refractivity contribution in [3.05, 3.63) is 63.7 Å². The van der Waals surface area contributed by atoms with Crippen molar-refractivity contribution >= 4 is 17.8 Å². The molecule has 2 aromatic carbocycles. The van der Waals surface area contributed by atoms with Crippen LogP contribution in [0.3, 0.4) is 0 Å². The molecule has 0 aromatic heterocycles. The number of hydrogen-bond acceptors (Lipinski definition) is 6. The van der Waals surface area contributed by atoms with Gasteiger partial charge in [0.2, 0.25) is 0 Å². The Balaban J connectivity index is 2.06. The fraction of sp³-hybridized carbons (Fsp3) is 0.111. The standard InChI is InChI=1S/C18H15N3O5/c1-3-9-26-16-8-7-13(10-17(16)25-2)12-19-20-18(22)14-5-4-6-15(11-14)21(23)24/h1,4-8,10-12H,9H2,2H3,(H,20,22). The number of amides is 1. The molecule has 0 fully saturated rings. The molecule has 132 valence electrons. The second-order valence-electron chi connectivity index (χ2n) is 4.91. The number of methoxy groups -OCH3 is 1. The van der Waals surface area contributed by atoms with Gasteiger partial charge in [-0.25, -0.2) is 5.43 Å². The van der Waals surface area contributed by atoms with E-state index >= 15 is 0 Å². The van der Waals surface area contributed by atoms with Gasteiger partial charge in [0.25, 0.3) is 11.6 Å². The first-order chi connectivity index (χ1) is 12.5. The van der Waals surface area contributed by atoms with Crippen molar-refractivity contribution in [2.45, 2.75) is 0 Å². The van der Waals surface area contributed by atoms with Crippen LogP contribution in [0.4, 0.5) is 5.69 Å². The average molecular weight is 353 g/mol. The Labute approximate surface area is 149 Å². The third kappa shape index (κ3) is 4.82. The highest BCUT2D eigenvalue weighted by Gasteiger charge is 2.10. The quantitative estimate of drug-likeness (QED) is 0.356. The number of hydrogen-bond donors (Lipinski definition) is 1. The van der Waals surface area contributed by atoms with E-state index in [1.54, 1.807) is 18.2 Å². The lowest BCUT2D eigenvalue weighted by Gasteiger charge is -2.09. The molecule has 0 bridgehead atoms. The number of nitro groups is 1. The van der Waals surface area contributed by atoms with E-state index in [0.717, 1.165) is 0 Å². The first kappa shape index (κ1) is 18.5. The van der Waals surface area contributed by atoms with Gasteiger partial charge in [0.1, 0.15) is 6.61 Å². The SMILES string of the molecule is C#CCOc1ccc(C=NNC(=O)c2cccc([N+](=O)[O-])c2)cc1OC. The van der Waals surface area contributed by atoms with Crippen molar-refractivity contribution in [3.8, 4) is 23.8 Å². The number of terminal acetylenes is 1. The Morgan fingerprint density at radius 3 is 2.85 bits per heavy atom. The maximum absolute atomic E-state index is 12.0. The van der Waals surface area contributed by atoms with E-state index in [0.29, 0.717) is 17.1 Å². The largest absolute Gasteiger partial charge is 0.493 e. The molecule has 2 aromatic rings. The number of ether oxygens (including phenoxy) is 2. The molecular formula is C18H15N3O5. The van der Waals surface area contributed by atoms with Crippen molar-refractivity contribution < 1.29 is 19.2 Å². The number of nitrogens with zero attached hydrogens (tertiary/aromatic N) is 2. The Hall–Kier alpha value is -3.86. The first-order valence-electron chi connectivity index (χ1n) is 7.37. The summed E-state index contributed by atoms with van der Waals surface area (Å²) in [7, 11) is 1.49. The zero-order chi connectivity index (χ0) is 18.9. The number of nitro benzene ring substituents is 1. The minimum atomic E-state index is -0.573. The maximum atomic E-state index is 12.0. The molecule has 8 heteroatoms. The summed E-state index contributed by atoms with van der Waals surface area (Å²) in [5.74, 6) is 2.75. The van der Waals surface area contributed by atoms with Gasteiger partial charge in [-0.1, -0.05) is 12.0 Å². The monoisotopic (exact) mass is 353 g/mol. The van der Waals surface area contributed by atoms with Crippen molar-refractivity contribution in [3.63, 3.8) is 0 Å². The Bertz CT molecular complexity index is 887. The molecule has 0 spiro atoms. The normalized spacial score (nSPS) is 10.2. The highest BCUT2D eigenvalue weighted by Crippen LogP contribution is 2.27. The van der Waals surface area contributed by atoms with Gasteiger partial charge >= 0.3 is 0 Å². The number of carbonyl (C=O) groups excluding carboxylic acids is 1. The lowest BCUT2D eigenvalue weighted by atomic mass is 10.2. The van der Waals surface area contributed by atoms with Crippen LogP contribution >= 0.6 is 0 Å². The number of nitrogens with one attached hydrogen (secondary N) is 1. The zero-order valence-corrected chi connectivity index (χ0v) is 13.8. The molecule has 0 aliphatic rings. The van der Waals surface area contributed by atoms with Crippen LogP contribution in [0.15, 0.2) is 47.6 Å². The zero-order valence-electron chi connectivity index (χ0n) is 13.8. The molecule has 8 nitrogen and oxygen atoms in total. The first-order valence-corrected chi connectivity index (χ1v) is 7.37. The fourth-order valence-corrected chi connectivity index (χ4v) is 1.99. The van der Waals surface area contributed by atoms with Crippen LogP contribution in [-0.2, 0) is 0 Å². The fourth-order valence-electron chi connectivity index (χ4n) is 1.99. The summed E-state index contributed by atoms with van der Waals surface area (Å²) in [6, 6.07) is 10.4. The van der Waals surface area contributed by atoms with Gasteiger partial charge in [-0.2, -0.15) is 5.10 Å². The summed E-state index contributed by atoms with van der Waals surface area (Å²) in [5.41, 5.74) is 2.92. The second-order valence-corrected chi connectivity index (χ2v) is 4.91. The molecule has 2 rings (SSSR count). The molecular weight excluding hydrogens is 338 g/mol. The van der Waals surface area contributed by atoms with Crippen LogP contribution in [0, 0.1) is 22.5 Å². The molecule has 26 heavy (non-hydrogen) atoms. The summed E-state index contributed by atoms with van der Waals surface area (Å²) in [6.07, 6.45) is 6.56. The van der Waals surface area contributed by atoms with E-state index in [4.69, 9.17) is 15.9 Å². The van der Waals surface area contributed by atoms with Crippen LogP contribution in [0.5, 0.6) is 11.5 Å². The number of carbonyl (C=O) groups is 1. The van der Waals surface area contributed by atoms with E-state index in [1.165, 1.54) is 37.6 Å². The second kappa shape index (κ2) is 8.84. The van der Waals surface area contributed by atoms with Gasteiger partial charge < -0.3 is 9.47 Å². The molecule has 0 atom stereocenters. The third-order valence-electron chi connectivity index (χ3n) is 3.20. The molecule has 1 amide bonds. The van der Waals surface area contributed by atoms with Crippen LogP contribution in [0.25, 0.3) is 0 Å². The molecule has 0 radical (unpaired) electrons. The number of benzene rings is 2. The molecule has 0 aliphatic carbocycles. The third-order valence-corrected chi connectivity index (χ3v) is 3.20. The van der Waals surface area contributed by atoms with E-state index in [-0.39, 0.29) is 17.9 Å². The molecule has 0 unspecified atom stereocenters. The lowest BCUT2D eigenvalue weighted by Crippen LogP contribution is -2.17. The van der Waals surface area contributed by atoms with Crippen molar-refractivity contribution in [2.75, 3.05) is 13.7 Å². The highest BCUT2D eigenvalue weighted by atomic mass is 16.6. The number of rotatable bonds is 7. The minimum absolute atomic E-state index is 0.114. The average Bonchev–Trinajstić information content (AvgIpc) is 2.66. The maximum Gasteiger partial charge on any atom is 0.271 e. The van der Waals surface area contributed by atoms with Crippen LogP contribution in [0.1, 0.15) is 15.9 Å². The van der Waals surface area contributed by atoms with Gasteiger partial charge in [0.15, 0.2) is 11.5 Å². The van der Waals surface area contributed by atoms with Crippen LogP contribution in [0.2, 0.25) is 0 Å². The Morgan fingerprint density at radius 2 is 2.15 bits per heavy atom. The van der Waals surface area contributed by atoms with Crippen LogP contribution in [-0.4, -0.2) is 30.8 Å². The van der Waals surface area contributed by atoms with Crippen molar-refractivity contribution in [2.24, 2.45) is 5.10 Å². The van der Waals surface area contributed by atoms with E-state index in [2.05, 4.69) is 16.4 Å². The minimum Gasteiger partial charge on any atom is -0.493 e. The Kier molecular flexibility index (Phi) is 6.28. The summed E-state index contributed by atoms with van der Waals surface area (Å²) in [5, 5.41) is 14.6. The summed E-state index contributed by atoms with van der Waals surface area (Å²) in [4.78, 5) is 22.2. The highest BCUT2D eigenvalue weighted by molar-refractivity contribution is 5.95. The summed E-state index contributed by atoms with van der Waals surface area (Å²) >= 11 is 0. The molecule has 0 heterocycles. The Morgan fingerprint density at radius 1 is 1.35 bits per heavy atom. The van der Waals surface area contributed by atoms with Crippen molar-refractivity contribution in [1.29, 1.82) is 0 Å². The molecule has 0 saturated carbocycles. The van der Waals surface area contributed by atoms with Gasteiger partial charge in [0, 0.05) is 17.7 Å². The molecule has 0 saturated heterocycles. The van der Waals surface area contributed by atoms with Crippen molar-refractivity contribution in [1.82, 2.24) is 5.43 Å². The van der Waals surface area contributed by atoms with Crippen LogP contribution < -0.4 is 14.9 Å². The molecule has 1 N–H and O–H groups in total. The number of non-ortho nitro benzene ring substituents is 1. The van der Waals surface area contributed by atoms with Gasteiger partial charge in [-0.3, -0.25) is 14.9 Å².